The summed E-state index contributed by atoms with van der Waals surface area (Å²) < 4.78 is 0. The predicted molar refractivity (Wildman–Crippen MR) is 39.9 cm³/mol. The number of hydrogen-bond donors (Lipinski definition) is 2. The third-order valence-electron chi connectivity index (χ3n) is 1.14. The monoisotopic (exact) mass is 145 g/mol. The lowest BCUT2D eigenvalue weighted by molar-refractivity contribution is -0.115. The lowest BCUT2D eigenvalue weighted by Gasteiger charge is -2.01. The van der Waals surface area contributed by atoms with E-state index in [0.29, 0.717) is 0 Å². The molecule has 0 aromatic heterocycles. The topological polar surface area (TPSA) is 72.3 Å². The van der Waals surface area contributed by atoms with Crippen LogP contribution in [0.5, 0.6) is 0 Å². The summed E-state index contributed by atoms with van der Waals surface area (Å²) in [7, 11) is 0. The molecule has 0 saturated carbocycles. The van der Waals surface area contributed by atoms with Gasteiger partial charge in [-0.15, -0.1) is 0 Å². The van der Waals surface area contributed by atoms with Crippen LogP contribution >= 0.6 is 0 Å². The van der Waals surface area contributed by atoms with Crippen LogP contribution in [0.2, 0.25) is 0 Å². The van der Waals surface area contributed by atoms with E-state index in [1.54, 1.807) is 0 Å². The van der Waals surface area contributed by atoms with Gasteiger partial charge in [0.1, 0.15) is 0 Å². The van der Waals surface area contributed by atoms with Crippen LogP contribution in [0.4, 0.5) is 0 Å². The Balaban J connectivity index is 0.000000180. The summed E-state index contributed by atoms with van der Waals surface area (Å²) in [5.74, 6) is 5.03. The maximum atomic E-state index is 9.22. The Labute approximate surface area is 61.1 Å². The minimum absolute atomic E-state index is 0.333. The van der Waals surface area contributed by atoms with Gasteiger partial charge >= 0.3 is 0 Å². The molecule has 0 aliphatic carbocycles. The van der Waals surface area contributed by atoms with Crippen LogP contribution in [0.1, 0.15) is 19.8 Å². The molecule has 0 bridgehead atoms. The van der Waals surface area contributed by atoms with Crippen molar-refractivity contribution in [2.24, 2.45) is 11.6 Å². The molecule has 1 saturated heterocycles. The van der Waals surface area contributed by atoms with Crippen molar-refractivity contribution < 1.29 is 4.79 Å². The molecule has 4 heteroatoms. The standard InChI is InChI=1S/C4H10N2.C2H5NO/c5-6-3-1-2-4-6;1-2(3)4/h1-5H2;1H3,(H2,3,4). The zero-order valence-corrected chi connectivity index (χ0v) is 6.34. The second-order valence-electron chi connectivity index (χ2n) is 2.35. The van der Waals surface area contributed by atoms with Crippen LogP contribution in [-0.4, -0.2) is 24.0 Å². The Hall–Kier alpha value is -0.610. The van der Waals surface area contributed by atoms with Crippen molar-refractivity contribution in [3.05, 3.63) is 0 Å². The van der Waals surface area contributed by atoms with Gasteiger partial charge in [0.2, 0.25) is 5.91 Å². The number of amides is 1. The van der Waals surface area contributed by atoms with Crippen LogP contribution < -0.4 is 11.6 Å². The second-order valence-corrected chi connectivity index (χ2v) is 2.35. The summed E-state index contributed by atoms with van der Waals surface area (Å²) in [6, 6.07) is 0. The summed E-state index contributed by atoms with van der Waals surface area (Å²) in [6.07, 6.45) is 2.58. The fourth-order valence-electron chi connectivity index (χ4n) is 0.742. The number of carbonyl (C=O) groups is 1. The van der Waals surface area contributed by atoms with E-state index in [0.717, 1.165) is 13.1 Å². The molecule has 4 nitrogen and oxygen atoms in total. The van der Waals surface area contributed by atoms with Crippen LogP contribution in [0.15, 0.2) is 0 Å². The van der Waals surface area contributed by atoms with Gasteiger partial charge in [-0.2, -0.15) is 0 Å². The molecule has 1 aliphatic rings. The van der Waals surface area contributed by atoms with Gasteiger partial charge in [0.25, 0.3) is 0 Å². The maximum Gasteiger partial charge on any atom is 0.214 e. The van der Waals surface area contributed by atoms with E-state index in [2.05, 4.69) is 5.73 Å². The van der Waals surface area contributed by atoms with Crippen molar-refractivity contribution in [1.29, 1.82) is 0 Å². The highest BCUT2D eigenvalue weighted by Crippen LogP contribution is 1.99. The largest absolute Gasteiger partial charge is 0.370 e. The molecule has 1 rings (SSSR count). The molecule has 1 aliphatic heterocycles. The number of hydrazine groups is 1. The Morgan fingerprint density at radius 3 is 1.80 bits per heavy atom. The molecule has 0 aromatic rings. The molecular weight excluding hydrogens is 130 g/mol. The average Bonchev–Trinajstić information content (AvgIpc) is 2.15. The highest BCUT2D eigenvalue weighted by Gasteiger charge is 2.03. The Morgan fingerprint density at radius 1 is 1.40 bits per heavy atom. The van der Waals surface area contributed by atoms with Crippen molar-refractivity contribution in [3.63, 3.8) is 0 Å². The molecule has 0 spiro atoms. The van der Waals surface area contributed by atoms with Gasteiger partial charge < -0.3 is 5.73 Å². The predicted octanol–water partition coefficient (Wildman–Crippen LogP) is -0.552. The molecule has 1 heterocycles. The van der Waals surface area contributed by atoms with Crippen molar-refractivity contribution in [3.8, 4) is 0 Å². The van der Waals surface area contributed by atoms with E-state index in [-0.39, 0.29) is 5.91 Å². The average molecular weight is 145 g/mol. The van der Waals surface area contributed by atoms with Gasteiger partial charge in [0.05, 0.1) is 0 Å². The SMILES string of the molecule is CC(N)=O.NN1CCCC1. The third kappa shape index (κ3) is 7.39. The number of primary amides is 1. The van der Waals surface area contributed by atoms with E-state index in [4.69, 9.17) is 5.84 Å². The fraction of sp³-hybridized carbons (Fsp3) is 0.833. The van der Waals surface area contributed by atoms with Gasteiger partial charge in [0.15, 0.2) is 0 Å². The minimum atomic E-state index is -0.333. The molecule has 1 amide bonds. The van der Waals surface area contributed by atoms with Gasteiger partial charge in [-0.3, -0.25) is 10.6 Å². The minimum Gasteiger partial charge on any atom is -0.370 e. The quantitative estimate of drug-likeness (QED) is 0.449. The van der Waals surface area contributed by atoms with E-state index in [1.165, 1.54) is 19.8 Å². The van der Waals surface area contributed by atoms with Crippen molar-refractivity contribution >= 4 is 5.91 Å². The lowest BCUT2D eigenvalue weighted by atomic mass is 10.4. The zero-order valence-electron chi connectivity index (χ0n) is 6.34. The molecule has 4 N–H and O–H groups in total. The van der Waals surface area contributed by atoms with Crippen LogP contribution in [0.3, 0.4) is 0 Å². The maximum absolute atomic E-state index is 9.22. The van der Waals surface area contributed by atoms with E-state index in [9.17, 15) is 4.79 Å². The highest BCUT2D eigenvalue weighted by molar-refractivity contribution is 5.70. The molecule has 10 heavy (non-hydrogen) atoms. The van der Waals surface area contributed by atoms with Crippen molar-refractivity contribution in [2.45, 2.75) is 19.8 Å². The summed E-state index contributed by atoms with van der Waals surface area (Å²) in [4.78, 5) is 9.22. The number of nitrogens with zero attached hydrogens (tertiary/aromatic N) is 1. The first-order valence-electron chi connectivity index (χ1n) is 3.38. The first-order valence-corrected chi connectivity index (χ1v) is 3.38. The van der Waals surface area contributed by atoms with Gasteiger partial charge in [-0.05, 0) is 12.8 Å². The van der Waals surface area contributed by atoms with Gasteiger partial charge in [-0.25, -0.2) is 5.01 Å². The first-order chi connectivity index (χ1) is 4.63. The lowest BCUT2D eigenvalue weighted by Crippen LogP contribution is -2.26. The summed E-state index contributed by atoms with van der Waals surface area (Å²) in [5, 5.41) is 1.86. The molecule has 0 aromatic carbocycles. The summed E-state index contributed by atoms with van der Waals surface area (Å²) in [6.45, 7) is 3.50. The normalized spacial score (nSPS) is 17.8. The number of rotatable bonds is 0. The first kappa shape index (κ1) is 9.39. The van der Waals surface area contributed by atoms with Gasteiger partial charge in [-0.1, -0.05) is 0 Å². The molecule has 0 unspecified atom stereocenters. The zero-order chi connectivity index (χ0) is 7.98. The molecular formula is C6H15N3O. The van der Waals surface area contributed by atoms with E-state index in [1.807, 2.05) is 5.01 Å². The van der Waals surface area contributed by atoms with E-state index >= 15 is 0 Å². The van der Waals surface area contributed by atoms with Crippen LogP contribution in [0.25, 0.3) is 0 Å². The van der Waals surface area contributed by atoms with Crippen LogP contribution in [-0.2, 0) is 4.79 Å². The number of hydrogen-bond acceptors (Lipinski definition) is 3. The summed E-state index contributed by atoms with van der Waals surface area (Å²) in [5.41, 5.74) is 4.47. The smallest absolute Gasteiger partial charge is 0.214 e. The molecule has 0 radical (unpaired) electrons. The highest BCUT2D eigenvalue weighted by atomic mass is 16.1. The Morgan fingerprint density at radius 2 is 1.70 bits per heavy atom. The molecule has 0 atom stereocenters. The third-order valence-corrected chi connectivity index (χ3v) is 1.14. The molecule has 1 fully saturated rings. The fourth-order valence-corrected chi connectivity index (χ4v) is 0.742. The van der Waals surface area contributed by atoms with E-state index < -0.39 is 0 Å². The second kappa shape index (κ2) is 5.20. The van der Waals surface area contributed by atoms with Crippen molar-refractivity contribution in [2.75, 3.05) is 13.1 Å². The van der Waals surface area contributed by atoms with Crippen molar-refractivity contribution in [1.82, 2.24) is 5.01 Å². The Bertz CT molecular complexity index is 95.2. The van der Waals surface area contributed by atoms with Crippen LogP contribution in [0, 0.1) is 0 Å². The molecule has 60 valence electrons. The number of carbonyl (C=O) groups excluding carboxylic acids is 1. The number of nitrogens with two attached hydrogens (primary N) is 2. The van der Waals surface area contributed by atoms with Gasteiger partial charge in [0, 0.05) is 20.0 Å². The Kier molecular flexibility index (Phi) is 4.88. The summed E-state index contributed by atoms with van der Waals surface area (Å²) >= 11 is 0.